The largest absolute Gasteiger partial charge is 0.417 e. The molecule has 9 heteroatoms. The van der Waals surface area contributed by atoms with Crippen LogP contribution in [0.1, 0.15) is 25.3 Å². The van der Waals surface area contributed by atoms with Gasteiger partial charge in [0.1, 0.15) is 0 Å². The van der Waals surface area contributed by atoms with E-state index in [2.05, 4.69) is 0 Å². The highest BCUT2D eigenvalue weighted by atomic mass is 35.5. The fraction of sp³-hybridized carbons (Fsp3) is 0.571. The Morgan fingerprint density at radius 1 is 1.30 bits per heavy atom. The Morgan fingerprint density at radius 3 is 2.48 bits per heavy atom. The van der Waals surface area contributed by atoms with Crippen molar-refractivity contribution >= 4 is 22.4 Å². The van der Waals surface area contributed by atoms with Crippen LogP contribution in [0.4, 0.5) is 13.2 Å². The second kappa shape index (κ2) is 7.38. The predicted molar refractivity (Wildman–Crippen MR) is 83.8 cm³/mol. The van der Waals surface area contributed by atoms with E-state index in [9.17, 15) is 21.6 Å². The zero-order valence-corrected chi connectivity index (χ0v) is 14.2. The van der Waals surface area contributed by atoms with Gasteiger partial charge in [0.25, 0.3) is 0 Å². The Morgan fingerprint density at radius 2 is 1.91 bits per heavy atom. The van der Waals surface area contributed by atoms with Crippen molar-refractivity contribution in [2.45, 2.75) is 36.9 Å². The number of nitrogens with two attached hydrogens (primary N) is 1. The van der Waals surface area contributed by atoms with Crippen LogP contribution in [0.15, 0.2) is 29.2 Å². The van der Waals surface area contributed by atoms with Gasteiger partial charge in [-0.2, -0.15) is 17.5 Å². The van der Waals surface area contributed by atoms with Crippen molar-refractivity contribution in [2.75, 3.05) is 13.1 Å². The molecule has 2 rings (SSSR count). The summed E-state index contributed by atoms with van der Waals surface area (Å²) in [5.74, 6) is -0.0402. The average molecular weight is 373 g/mol. The molecule has 2 N–H and O–H groups in total. The Bertz CT molecular complexity index is 635. The maximum atomic E-state index is 13.0. The van der Waals surface area contributed by atoms with Gasteiger partial charge in [0.2, 0.25) is 10.0 Å². The van der Waals surface area contributed by atoms with Gasteiger partial charge in [0, 0.05) is 19.1 Å². The first-order chi connectivity index (χ1) is 10.1. The maximum Gasteiger partial charge on any atom is 0.417 e. The minimum atomic E-state index is -4.71. The average Bonchev–Trinajstić information content (AvgIpc) is 2.46. The molecule has 1 aromatic carbocycles. The van der Waals surface area contributed by atoms with Gasteiger partial charge < -0.3 is 5.73 Å². The molecule has 1 heterocycles. The van der Waals surface area contributed by atoms with Gasteiger partial charge in [-0.1, -0.05) is 12.1 Å². The van der Waals surface area contributed by atoms with Crippen LogP contribution < -0.4 is 5.73 Å². The van der Waals surface area contributed by atoms with Crippen molar-refractivity contribution in [1.29, 1.82) is 0 Å². The molecule has 1 fully saturated rings. The first-order valence-corrected chi connectivity index (χ1v) is 8.50. The number of sulfonamides is 1. The number of nitrogens with zero attached hydrogens (tertiary/aromatic N) is 1. The van der Waals surface area contributed by atoms with Crippen LogP contribution in [-0.2, 0) is 16.2 Å². The van der Waals surface area contributed by atoms with E-state index in [-0.39, 0.29) is 37.5 Å². The first-order valence-electron chi connectivity index (χ1n) is 7.06. The fourth-order valence-corrected chi connectivity index (χ4v) is 4.43. The molecule has 0 radical (unpaired) electrons. The molecule has 0 bridgehead atoms. The van der Waals surface area contributed by atoms with Gasteiger partial charge in [0.15, 0.2) is 0 Å². The summed E-state index contributed by atoms with van der Waals surface area (Å²) < 4.78 is 65.5. The number of halogens is 4. The monoisotopic (exact) mass is 372 g/mol. The van der Waals surface area contributed by atoms with Crippen molar-refractivity contribution in [1.82, 2.24) is 4.31 Å². The summed E-state index contributed by atoms with van der Waals surface area (Å²) >= 11 is 0. The number of benzene rings is 1. The third kappa shape index (κ3) is 4.37. The van der Waals surface area contributed by atoms with Gasteiger partial charge in [-0.05, 0) is 37.8 Å². The zero-order valence-electron chi connectivity index (χ0n) is 12.6. The lowest BCUT2D eigenvalue weighted by Crippen LogP contribution is -2.45. The van der Waals surface area contributed by atoms with Crippen LogP contribution >= 0.6 is 12.4 Å². The highest BCUT2D eigenvalue weighted by Gasteiger charge is 2.40. The van der Waals surface area contributed by atoms with Crippen molar-refractivity contribution in [3.05, 3.63) is 29.8 Å². The van der Waals surface area contributed by atoms with Crippen molar-refractivity contribution < 1.29 is 21.6 Å². The van der Waals surface area contributed by atoms with Crippen molar-refractivity contribution in [3.63, 3.8) is 0 Å². The highest BCUT2D eigenvalue weighted by Crippen LogP contribution is 2.36. The molecule has 0 spiro atoms. The lowest BCUT2D eigenvalue weighted by molar-refractivity contribution is -0.139. The van der Waals surface area contributed by atoms with Gasteiger partial charge in [-0.15, -0.1) is 12.4 Å². The van der Waals surface area contributed by atoms with Crippen LogP contribution in [0, 0.1) is 5.92 Å². The van der Waals surface area contributed by atoms with Crippen LogP contribution in [0.25, 0.3) is 0 Å². The molecule has 0 aliphatic carbocycles. The molecule has 0 aromatic heterocycles. The van der Waals surface area contributed by atoms with E-state index in [0.717, 1.165) is 22.9 Å². The minimum Gasteiger partial charge on any atom is -0.328 e. The molecule has 23 heavy (non-hydrogen) atoms. The number of hydrogen-bond donors (Lipinski definition) is 1. The van der Waals surface area contributed by atoms with Gasteiger partial charge in [0.05, 0.1) is 10.5 Å². The molecular weight excluding hydrogens is 353 g/mol. The number of rotatable bonds is 3. The van der Waals surface area contributed by atoms with Crippen LogP contribution in [0.2, 0.25) is 0 Å². The van der Waals surface area contributed by atoms with E-state index in [1.165, 1.54) is 12.1 Å². The first kappa shape index (κ1) is 20.2. The Kier molecular flexibility index (Phi) is 6.48. The summed E-state index contributed by atoms with van der Waals surface area (Å²) in [5.41, 5.74) is 4.68. The van der Waals surface area contributed by atoms with Gasteiger partial charge in [-0.3, -0.25) is 0 Å². The van der Waals surface area contributed by atoms with E-state index in [4.69, 9.17) is 5.73 Å². The van der Waals surface area contributed by atoms with E-state index < -0.39 is 26.7 Å². The summed E-state index contributed by atoms with van der Waals surface area (Å²) in [4.78, 5) is -0.687. The summed E-state index contributed by atoms with van der Waals surface area (Å²) in [6.07, 6.45) is -3.33. The molecule has 4 nitrogen and oxygen atoms in total. The van der Waals surface area contributed by atoms with E-state index >= 15 is 0 Å². The molecule has 1 aromatic rings. The topological polar surface area (TPSA) is 63.4 Å². The minimum absolute atomic E-state index is 0. The molecule has 2 atom stereocenters. The highest BCUT2D eigenvalue weighted by molar-refractivity contribution is 7.89. The predicted octanol–water partition coefficient (Wildman–Crippen LogP) is 2.88. The standard InChI is InChI=1S/C14H19F3N2O2S.ClH/c1-10(18)11-5-4-8-19(9-11)22(20,21)13-7-3-2-6-12(13)14(15,16)17;/h2-3,6-7,10-11H,4-5,8-9,18H2,1H3;1H. The third-order valence-electron chi connectivity index (χ3n) is 3.97. The van der Waals surface area contributed by atoms with Gasteiger partial charge >= 0.3 is 6.18 Å². The summed E-state index contributed by atoms with van der Waals surface area (Å²) in [5, 5.41) is 0. The van der Waals surface area contributed by atoms with Crippen molar-refractivity contribution in [3.8, 4) is 0 Å². The molecule has 1 aliphatic heterocycles. The quantitative estimate of drug-likeness (QED) is 0.887. The van der Waals surface area contributed by atoms with Gasteiger partial charge in [-0.25, -0.2) is 8.42 Å². The smallest absolute Gasteiger partial charge is 0.328 e. The van der Waals surface area contributed by atoms with Crippen LogP contribution in [-0.4, -0.2) is 31.9 Å². The summed E-state index contributed by atoms with van der Waals surface area (Å²) in [6.45, 7) is 2.16. The molecule has 0 amide bonds. The van der Waals surface area contributed by atoms with E-state index in [1.54, 1.807) is 6.92 Å². The third-order valence-corrected chi connectivity index (χ3v) is 5.90. The molecule has 0 saturated carbocycles. The SMILES string of the molecule is CC(N)C1CCCN(S(=O)(=O)c2ccccc2C(F)(F)F)C1.Cl. The Hall–Kier alpha value is -0.830. The maximum absolute atomic E-state index is 13.0. The lowest BCUT2D eigenvalue weighted by Gasteiger charge is -2.34. The fourth-order valence-electron chi connectivity index (χ4n) is 2.69. The molecule has 1 saturated heterocycles. The van der Waals surface area contributed by atoms with Crippen LogP contribution in [0.3, 0.4) is 0 Å². The molecule has 2 unspecified atom stereocenters. The van der Waals surface area contributed by atoms with Crippen molar-refractivity contribution in [2.24, 2.45) is 11.7 Å². The van der Waals surface area contributed by atoms with E-state index in [1.807, 2.05) is 0 Å². The number of alkyl halides is 3. The zero-order chi connectivity index (χ0) is 16.5. The summed E-state index contributed by atoms with van der Waals surface area (Å²) in [7, 11) is -4.18. The second-order valence-electron chi connectivity index (χ2n) is 5.62. The number of hydrogen-bond acceptors (Lipinski definition) is 3. The van der Waals surface area contributed by atoms with E-state index in [0.29, 0.717) is 6.42 Å². The Labute approximate surface area is 140 Å². The number of piperidine rings is 1. The van der Waals surface area contributed by atoms with Crippen LogP contribution in [0.5, 0.6) is 0 Å². The molecule has 132 valence electrons. The lowest BCUT2D eigenvalue weighted by atomic mass is 9.93. The second-order valence-corrected chi connectivity index (χ2v) is 7.52. The summed E-state index contributed by atoms with van der Waals surface area (Å²) in [6, 6.07) is 4.08. The Balaban J connectivity index is 0.00000264. The normalized spacial score (nSPS) is 21.5. The molecule has 1 aliphatic rings. The molecular formula is C14H20ClF3N2O2S.